The molecular formula is C35H52N2O2. The second-order valence-electron chi connectivity index (χ2n) is 12.4. The summed E-state index contributed by atoms with van der Waals surface area (Å²) in [6.07, 6.45) is 26.9. The Hall–Kier alpha value is -2.23. The lowest BCUT2D eigenvalue weighted by Crippen LogP contribution is -2.30. The minimum absolute atomic E-state index is 0.0459. The summed E-state index contributed by atoms with van der Waals surface area (Å²) in [5, 5.41) is 0. The zero-order chi connectivity index (χ0) is 27.3. The molecule has 214 valence electrons. The average molecular weight is 533 g/mol. The zero-order valence-corrected chi connectivity index (χ0v) is 24.7. The Bertz CT molecular complexity index is 955. The molecular weight excluding hydrogens is 480 g/mol. The van der Waals surface area contributed by atoms with Gasteiger partial charge in [-0.15, -0.1) is 0 Å². The minimum atomic E-state index is -0.0566. The molecule has 39 heavy (non-hydrogen) atoms. The maximum absolute atomic E-state index is 12.9. The zero-order valence-electron chi connectivity index (χ0n) is 24.7. The van der Waals surface area contributed by atoms with Crippen LogP contribution in [-0.2, 0) is 11.2 Å². The molecule has 0 saturated heterocycles. The van der Waals surface area contributed by atoms with E-state index in [1.54, 1.807) is 0 Å². The first kappa shape index (κ1) is 29.7. The summed E-state index contributed by atoms with van der Waals surface area (Å²) in [6.45, 7) is 4.57. The van der Waals surface area contributed by atoms with Crippen molar-refractivity contribution in [2.75, 3.05) is 0 Å². The van der Waals surface area contributed by atoms with Gasteiger partial charge in [0.25, 0.3) is 0 Å². The maximum atomic E-state index is 12.9. The third kappa shape index (κ3) is 9.43. The Morgan fingerprint density at radius 3 is 1.95 bits per heavy atom. The van der Waals surface area contributed by atoms with Crippen molar-refractivity contribution in [2.45, 2.75) is 129 Å². The van der Waals surface area contributed by atoms with E-state index in [2.05, 4.69) is 23.8 Å². The molecule has 1 aromatic heterocycles. The molecule has 0 atom stereocenters. The Morgan fingerprint density at radius 2 is 1.33 bits per heavy atom. The van der Waals surface area contributed by atoms with Crippen LogP contribution in [0.3, 0.4) is 0 Å². The number of hydrogen-bond acceptors (Lipinski definition) is 4. The first-order valence-corrected chi connectivity index (χ1v) is 16.3. The number of aromatic nitrogens is 2. The van der Waals surface area contributed by atoms with Crippen molar-refractivity contribution < 1.29 is 9.53 Å². The third-order valence-electron chi connectivity index (χ3n) is 9.47. The number of carbonyl (C=O) groups is 1. The molecule has 4 heteroatoms. The van der Waals surface area contributed by atoms with Crippen LogP contribution in [0.5, 0.6) is 5.75 Å². The number of esters is 1. The molecule has 0 spiro atoms. The van der Waals surface area contributed by atoms with Crippen molar-refractivity contribution in [2.24, 2.45) is 23.7 Å². The molecule has 0 radical (unpaired) electrons. The summed E-state index contributed by atoms with van der Waals surface area (Å²) in [4.78, 5) is 22.1. The highest BCUT2D eigenvalue weighted by Gasteiger charge is 2.33. The van der Waals surface area contributed by atoms with E-state index in [0.717, 1.165) is 48.4 Å². The van der Waals surface area contributed by atoms with Crippen LogP contribution in [0.25, 0.3) is 11.4 Å². The van der Waals surface area contributed by atoms with Crippen molar-refractivity contribution in [1.29, 1.82) is 0 Å². The van der Waals surface area contributed by atoms with Crippen molar-refractivity contribution in [3.05, 3.63) is 42.2 Å². The van der Waals surface area contributed by atoms with Gasteiger partial charge in [0.1, 0.15) is 5.75 Å². The summed E-state index contributed by atoms with van der Waals surface area (Å²) in [5.74, 6) is 4.00. The fourth-order valence-electron chi connectivity index (χ4n) is 6.97. The van der Waals surface area contributed by atoms with Gasteiger partial charge in [0.2, 0.25) is 0 Å². The van der Waals surface area contributed by atoms with Gasteiger partial charge in [0.05, 0.1) is 5.92 Å². The number of unbranched alkanes of at least 4 members (excludes halogenated alkanes) is 6. The van der Waals surface area contributed by atoms with Crippen LogP contribution < -0.4 is 4.74 Å². The van der Waals surface area contributed by atoms with Gasteiger partial charge < -0.3 is 4.74 Å². The van der Waals surface area contributed by atoms with Crippen LogP contribution in [0.2, 0.25) is 0 Å². The number of aryl methyl sites for hydroxylation is 1. The largest absolute Gasteiger partial charge is 0.426 e. The smallest absolute Gasteiger partial charge is 0.314 e. The number of nitrogens with zero attached hydrogens (tertiary/aromatic N) is 2. The molecule has 2 fully saturated rings. The molecule has 4 nitrogen and oxygen atoms in total. The van der Waals surface area contributed by atoms with Gasteiger partial charge in [-0.05, 0) is 98.9 Å². The quantitative estimate of drug-likeness (QED) is 0.138. The van der Waals surface area contributed by atoms with Gasteiger partial charge in [0.15, 0.2) is 5.82 Å². The molecule has 0 aliphatic heterocycles. The van der Waals surface area contributed by atoms with E-state index in [-0.39, 0.29) is 11.9 Å². The van der Waals surface area contributed by atoms with Crippen LogP contribution in [0, 0.1) is 23.7 Å². The van der Waals surface area contributed by atoms with Gasteiger partial charge in [0, 0.05) is 18.0 Å². The summed E-state index contributed by atoms with van der Waals surface area (Å²) in [6, 6.07) is 7.67. The Balaban J connectivity index is 1.16. The van der Waals surface area contributed by atoms with Crippen molar-refractivity contribution >= 4 is 5.97 Å². The van der Waals surface area contributed by atoms with E-state index in [0.29, 0.717) is 5.75 Å². The van der Waals surface area contributed by atoms with Gasteiger partial charge in [-0.1, -0.05) is 78.1 Å². The lowest BCUT2D eigenvalue weighted by Gasteiger charge is -2.37. The highest BCUT2D eigenvalue weighted by atomic mass is 16.5. The summed E-state index contributed by atoms with van der Waals surface area (Å²) in [5.41, 5.74) is 2.16. The molecule has 2 aliphatic rings. The fraction of sp³-hybridized carbons (Fsp3) is 0.686. The first-order chi connectivity index (χ1) is 19.2. The number of rotatable bonds is 14. The highest BCUT2D eigenvalue weighted by molar-refractivity contribution is 5.75. The first-order valence-electron chi connectivity index (χ1n) is 16.3. The van der Waals surface area contributed by atoms with E-state index in [1.165, 1.54) is 102 Å². The Kier molecular flexibility index (Phi) is 12.3. The number of ether oxygens (including phenoxy) is 1. The number of hydrogen-bond donors (Lipinski definition) is 0. The molecule has 2 aromatic rings. The molecule has 1 heterocycles. The van der Waals surface area contributed by atoms with Gasteiger partial charge >= 0.3 is 5.97 Å². The van der Waals surface area contributed by atoms with Crippen molar-refractivity contribution in [3.8, 4) is 17.1 Å². The predicted octanol–water partition coefficient (Wildman–Crippen LogP) is 9.75. The lowest BCUT2D eigenvalue weighted by atomic mass is 9.69. The second kappa shape index (κ2) is 16.1. The Morgan fingerprint density at radius 1 is 0.744 bits per heavy atom. The molecule has 2 saturated carbocycles. The number of benzene rings is 1. The summed E-state index contributed by atoms with van der Waals surface area (Å²) >= 11 is 0. The lowest BCUT2D eigenvalue weighted by molar-refractivity contribution is -0.140. The third-order valence-corrected chi connectivity index (χ3v) is 9.47. The van der Waals surface area contributed by atoms with E-state index < -0.39 is 0 Å². The summed E-state index contributed by atoms with van der Waals surface area (Å²) in [7, 11) is 0. The molecule has 0 unspecified atom stereocenters. The van der Waals surface area contributed by atoms with Crippen LogP contribution in [0.4, 0.5) is 0 Å². The average Bonchev–Trinajstić information content (AvgIpc) is 2.98. The molecule has 2 aliphatic carbocycles. The molecule has 0 amide bonds. The van der Waals surface area contributed by atoms with Crippen molar-refractivity contribution in [3.63, 3.8) is 0 Å². The van der Waals surface area contributed by atoms with Gasteiger partial charge in [-0.2, -0.15) is 0 Å². The van der Waals surface area contributed by atoms with Crippen LogP contribution in [-0.4, -0.2) is 15.9 Å². The van der Waals surface area contributed by atoms with Crippen LogP contribution >= 0.6 is 0 Å². The number of carbonyl (C=O) groups excluding carboxylic acids is 1. The summed E-state index contributed by atoms with van der Waals surface area (Å²) < 4.78 is 5.79. The Labute approximate surface area is 237 Å². The topological polar surface area (TPSA) is 52.1 Å². The van der Waals surface area contributed by atoms with E-state index in [1.807, 2.05) is 36.7 Å². The predicted molar refractivity (Wildman–Crippen MR) is 161 cm³/mol. The molecule has 0 bridgehead atoms. The van der Waals surface area contributed by atoms with E-state index >= 15 is 0 Å². The van der Waals surface area contributed by atoms with Crippen LogP contribution in [0.15, 0.2) is 36.7 Å². The molecule has 0 N–H and O–H groups in total. The van der Waals surface area contributed by atoms with Crippen LogP contribution in [0.1, 0.15) is 129 Å². The highest BCUT2D eigenvalue weighted by Crippen LogP contribution is 2.42. The van der Waals surface area contributed by atoms with E-state index in [4.69, 9.17) is 4.74 Å². The second-order valence-corrected chi connectivity index (χ2v) is 12.4. The normalized spacial score (nSPS) is 23.4. The maximum Gasteiger partial charge on any atom is 0.314 e. The standard InChI is InChI=1S/C35H52N2O2/c1-3-5-6-7-8-9-10-12-28-25-36-34(37-26-28)31-21-23-33(24-22-31)39-35(38)32-19-17-30(18-20-32)29-15-13-27(11-4-2)14-16-29/h21-27,29-30,32H,3-20H2,1-2H3. The molecule has 1 aromatic carbocycles. The SMILES string of the molecule is CCCCCCCCCc1cnc(-c2ccc(OC(=O)C3CCC(C4CCC(CCC)CC4)CC3)cc2)nc1. The monoisotopic (exact) mass is 532 g/mol. The van der Waals surface area contributed by atoms with Crippen molar-refractivity contribution in [1.82, 2.24) is 9.97 Å². The van der Waals surface area contributed by atoms with E-state index in [9.17, 15) is 4.79 Å². The molecule has 4 rings (SSSR count). The fourth-order valence-corrected chi connectivity index (χ4v) is 6.97. The van der Waals surface area contributed by atoms with Gasteiger partial charge in [-0.3, -0.25) is 4.79 Å². The minimum Gasteiger partial charge on any atom is -0.426 e. The van der Waals surface area contributed by atoms with Gasteiger partial charge in [-0.25, -0.2) is 9.97 Å².